The zero-order valence-electron chi connectivity index (χ0n) is 15.7. The van der Waals surface area contributed by atoms with Crippen LogP contribution in [-0.4, -0.2) is 50.2 Å². The minimum Gasteiger partial charge on any atom is -0.344 e. The van der Waals surface area contributed by atoms with Gasteiger partial charge in [-0.25, -0.2) is 16.5 Å². The lowest BCUT2D eigenvalue weighted by molar-refractivity contribution is -0.125. The van der Waals surface area contributed by atoms with Crippen molar-refractivity contribution < 1.29 is 9.59 Å². The molecule has 0 saturated carbocycles. The van der Waals surface area contributed by atoms with E-state index in [9.17, 15) is 9.59 Å². The highest BCUT2D eigenvalue weighted by Crippen LogP contribution is 2.34. The molecule has 0 aliphatic carbocycles. The maximum Gasteiger partial charge on any atom is 0.251 e. The number of hydrogen-bond donors (Lipinski definition) is 1. The van der Waals surface area contributed by atoms with E-state index in [-0.39, 0.29) is 17.6 Å². The highest BCUT2D eigenvalue weighted by molar-refractivity contribution is 6.05. The van der Waals surface area contributed by atoms with Crippen LogP contribution >= 0.6 is 0 Å². The molecule has 140 valence electrons. The van der Waals surface area contributed by atoms with Gasteiger partial charge < -0.3 is 14.7 Å². The molecule has 2 aromatic heterocycles. The summed E-state index contributed by atoms with van der Waals surface area (Å²) in [5.74, 6) is -0.170. The van der Waals surface area contributed by atoms with E-state index in [1.165, 1.54) is 6.08 Å². The molecule has 1 amide bonds. The fraction of sp³-hybridized carbons (Fsp3) is 0.450. The molecule has 27 heavy (non-hydrogen) atoms. The number of fused-ring (bicyclic) bond motifs is 1. The second-order valence-corrected chi connectivity index (χ2v) is 7.23. The Morgan fingerprint density at radius 2 is 2.33 bits per heavy atom. The molecule has 7 nitrogen and oxygen atoms in total. The van der Waals surface area contributed by atoms with Gasteiger partial charge in [-0.3, -0.25) is 9.59 Å². The molecular formula is C20H23N5O2. The van der Waals surface area contributed by atoms with Crippen LogP contribution in [-0.2, 0) is 11.2 Å². The van der Waals surface area contributed by atoms with Crippen molar-refractivity contribution in [2.45, 2.75) is 38.6 Å². The van der Waals surface area contributed by atoms with Gasteiger partial charge in [0.15, 0.2) is 11.4 Å². The largest absolute Gasteiger partial charge is 0.344 e. The van der Waals surface area contributed by atoms with Gasteiger partial charge >= 0.3 is 0 Å². The van der Waals surface area contributed by atoms with Gasteiger partial charge in [0.2, 0.25) is 5.91 Å². The van der Waals surface area contributed by atoms with Crippen LogP contribution in [0.1, 0.15) is 42.7 Å². The summed E-state index contributed by atoms with van der Waals surface area (Å²) in [6, 6.07) is 0. The molecule has 0 spiro atoms. The maximum absolute atomic E-state index is 12.3. The van der Waals surface area contributed by atoms with Crippen molar-refractivity contribution in [1.82, 2.24) is 19.9 Å². The topological polar surface area (TPSA) is 83.3 Å². The molecule has 7 heteroatoms. The number of carbonyl (C=O) groups excluding carboxylic acids is 2. The van der Waals surface area contributed by atoms with Crippen LogP contribution in [0.3, 0.4) is 0 Å². The van der Waals surface area contributed by atoms with Crippen LogP contribution in [0.25, 0.3) is 16.0 Å². The number of hydrogen-bond acceptors (Lipinski definition) is 4. The molecule has 1 fully saturated rings. The van der Waals surface area contributed by atoms with Gasteiger partial charge in [0, 0.05) is 32.5 Å². The Bertz CT molecular complexity index is 941. The van der Waals surface area contributed by atoms with Crippen LogP contribution in [0, 0.1) is 12.5 Å². The normalized spacial score (nSPS) is 22.0. The summed E-state index contributed by atoms with van der Waals surface area (Å²) in [6.07, 6.45) is 6.39. The molecule has 0 bridgehead atoms. The molecule has 0 unspecified atom stereocenters. The average Bonchev–Trinajstić information content (AvgIpc) is 3.23. The predicted molar refractivity (Wildman–Crippen MR) is 102 cm³/mol. The van der Waals surface area contributed by atoms with Gasteiger partial charge in [-0.2, -0.15) is 0 Å². The molecule has 2 aromatic rings. The van der Waals surface area contributed by atoms with Crippen LogP contribution in [0.2, 0.25) is 0 Å². The number of H-pyrrole nitrogens is 1. The molecule has 2 atom stereocenters. The van der Waals surface area contributed by atoms with Crippen LogP contribution < -0.4 is 0 Å². The number of nitrogens with zero attached hydrogens (tertiary/aromatic N) is 4. The monoisotopic (exact) mass is 365 g/mol. The number of amides is 1. The fourth-order valence-electron chi connectivity index (χ4n) is 3.60. The second-order valence-electron chi connectivity index (χ2n) is 7.23. The van der Waals surface area contributed by atoms with Crippen molar-refractivity contribution in [3.8, 4) is 0 Å². The van der Waals surface area contributed by atoms with Gasteiger partial charge in [-0.1, -0.05) is 13.5 Å². The third-order valence-corrected chi connectivity index (χ3v) is 5.24. The molecule has 0 aromatic carbocycles. The van der Waals surface area contributed by atoms with Gasteiger partial charge in [-0.05, 0) is 12.5 Å². The van der Waals surface area contributed by atoms with Gasteiger partial charge in [0.05, 0.1) is 29.9 Å². The number of carbonyl (C=O) groups is 2. The Morgan fingerprint density at radius 3 is 3.00 bits per heavy atom. The Balaban J connectivity index is 1.88. The third-order valence-electron chi connectivity index (χ3n) is 5.24. The highest BCUT2D eigenvalue weighted by Gasteiger charge is 2.50. The quantitative estimate of drug-likeness (QED) is 0.485. The second kappa shape index (κ2) is 7.31. The zero-order valence-corrected chi connectivity index (χ0v) is 15.7. The molecule has 1 aliphatic rings. The lowest BCUT2D eigenvalue weighted by atomic mass is 9.86. The molecular weight excluding hydrogens is 342 g/mol. The number of nitrogens with one attached hydrogen (secondary N) is 1. The lowest BCUT2D eigenvalue weighted by Crippen LogP contribution is -2.33. The van der Waals surface area contributed by atoms with Crippen molar-refractivity contribution >= 4 is 22.9 Å². The summed E-state index contributed by atoms with van der Waals surface area (Å²) in [5.41, 5.74) is 1.77. The van der Waals surface area contributed by atoms with Gasteiger partial charge in [0.25, 0.3) is 5.54 Å². The minimum absolute atomic E-state index is 0.0461. The van der Waals surface area contributed by atoms with Crippen molar-refractivity contribution in [2.75, 3.05) is 13.1 Å². The number of aromatic amines is 1. The first-order chi connectivity index (χ1) is 12.9. The number of ketones is 1. The van der Waals surface area contributed by atoms with E-state index in [2.05, 4.69) is 26.4 Å². The van der Waals surface area contributed by atoms with E-state index in [0.717, 1.165) is 12.1 Å². The van der Waals surface area contributed by atoms with Crippen molar-refractivity contribution in [2.24, 2.45) is 5.92 Å². The Labute approximate surface area is 158 Å². The van der Waals surface area contributed by atoms with E-state index < -0.39 is 5.54 Å². The van der Waals surface area contributed by atoms with E-state index in [0.29, 0.717) is 42.7 Å². The van der Waals surface area contributed by atoms with E-state index in [1.807, 2.05) is 13.8 Å². The maximum atomic E-state index is 12.3. The van der Waals surface area contributed by atoms with Crippen LogP contribution in [0.4, 0.5) is 0 Å². The number of Topliss-reactive ketones (excluding diaryl/α,β-unsaturated/α-hetero) is 1. The molecule has 0 radical (unpaired) electrons. The van der Waals surface area contributed by atoms with Crippen LogP contribution in [0.5, 0.6) is 0 Å². The first-order valence-electron chi connectivity index (χ1n) is 9.08. The van der Waals surface area contributed by atoms with E-state index in [1.54, 1.807) is 17.3 Å². The molecule has 3 rings (SSSR count). The Kier molecular flexibility index (Phi) is 5.08. The van der Waals surface area contributed by atoms with Crippen molar-refractivity contribution in [1.29, 1.82) is 0 Å². The zero-order chi connectivity index (χ0) is 19.6. The predicted octanol–water partition coefficient (Wildman–Crippen LogP) is 2.81. The summed E-state index contributed by atoms with van der Waals surface area (Å²) < 4.78 is 0. The Morgan fingerprint density at radius 1 is 1.56 bits per heavy atom. The molecule has 1 N–H and O–H groups in total. The standard InChI is InChI=1S/C20H23N5O2/c1-5-7-16(26)15-10-23-19-18(15)24-14(9-22-19)8-13-11-25(17(27)6-2)12-20(13,3)21-4/h6,9-10,13H,2,5,7-8,11-12H2,1,3H3,(H,22,23)/t13-,20+/m0/s1. The summed E-state index contributed by atoms with van der Waals surface area (Å²) in [6.45, 7) is 15.8. The van der Waals surface area contributed by atoms with E-state index >= 15 is 0 Å². The highest BCUT2D eigenvalue weighted by atomic mass is 16.2. The molecule has 3 heterocycles. The van der Waals surface area contributed by atoms with Crippen molar-refractivity contribution in [3.05, 3.63) is 47.7 Å². The number of aromatic nitrogens is 3. The average molecular weight is 365 g/mol. The fourth-order valence-corrected chi connectivity index (χ4v) is 3.60. The third kappa shape index (κ3) is 3.47. The SMILES string of the molecule is [C-]#[N+][C@]1(C)CN(C(=O)C=C)C[C@@H]1Cc1cnc2[nH]cc(C(=O)CCC)c2n1. The van der Waals surface area contributed by atoms with E-state index in [4.69, 9.17) is 6.57 Å². The first-order valence-corrected chi connectivity index (χ1v) is 9.08. The van der Waals surface area contributed by atoms with Crippen LogP contribution in [0.15, 0.2) is 25.0 Å². The lowest BCUT2D eigenvalue weighted by Gasteiger charge is -2.17. The van der Waals surface area contributed by atoms with Crippen molar-refractivity contribution in [3.63, 3.8) is 0 Å². The summed E-state index contributed by atoms with van der Waals surface area (Å²) in [5, 5.41) is 0. The summed E-state index contributed by atoms with van der Waals surface area (Å²) in [7, 11) is 0. The number of rotatable bonds is 6. The summed E-state index contributed by atoms with van der Waals surface area (Å²) in [4.78, 5) is 41.8. The smallest absolute Gasteiger partial charge is 0.251 e. The number of likely N-dealkylation sites (tertiary alicyclic amines) is 1. The molecule has 1 aliphatic heterocycles. The Hall–Kier alpha value is -3.01. The minimum atomic E-state index is -0.672. The summed E-state index contributed by atoms with van der Waals surface area (Å²) >= 11 is 0. The first kappa shape index (κ1) is 18.8. The van der Waals surface area contributed by atoms with Gasteiger partial charge in [0.1, 0.15) is 5.52 Å². The molecule has 1 saturated heterocycles. The van der Waals surface area contributed by atoms with Gasteiger partial charge in [-0.15, -0.1) is 0 Å².